The van der Waals surface area contributed by atoms with E-state index in [0.717, 1.165) is 0 Å². The molecule has 0 saturated heterocycles. The molecule has 11 heavy (non-hydrogen) atoms. The van der Waals surface area contributed by atoms with Crippen molar-refractivity contribution in [1.82, 2.24) is 0 Å². The second-order valence-corrected chi connectivity index (χ2v) is 2.20. The Morgan fingerprint density at radius 1 is 1.55 bits per heavy atom. The number of carbonyl (C=O) groups is 2. The molecule has 0 heterocycles. The lowest BCUT2D eigenvalue weighted by Gasteiger charge is -2.08. The fourth-order valence-electron chi connectivity index (χ4n) is 0.758. The Bertz CT molecular complexity index is 153. The van der Waals surface area contributed by atoms with Gasteiger partial charge in [0, 0.05) is 6.61 Å². The van der Waals surface area contributed by atoms with Gasteiger partial charge in [-0.2, -0.15) is 0 Å². The van der Waals surface area contributed by atoms with Crippen LogP contribution in [0.5, 0.6) is 0 Å². The van der Waals surface area contributed by atoms with Gasteiger partial charge >= 0.3 is 5.97 Å². The van der Waals surface area contributed by atoms with Gasteiger partial charge < -0.3 is 9.84 Å². The predicted octanol–water partition coefficient (Wildman–Crippen LogP) is -0.253. The van der Waals surface area contributed by atoms with E-state index >= 15 is 0 Å². The van der Waals surface area contributed by atoms with Crippen molar-refractivity contribution in [3.05, 3.63) is 0 Å². The molecular weight excluding hydrogens is 148 g/mol. The number of aliphatic hydroxyl groups is 1. The quantitative estimate of drug-likeness (QED) is 0.455. The van der Waals surface area contributed by atoms with Crippen LogP contribution in [0.3, 0.4) is 0 Å². The molecule has 0 aromatic carbocycles. The maximum absolute atomic E-state index is 10.8. The topological polar surface area (TPSA) is 63.6 Å². The highest BCUT2D eigenvalue weighted by Crippen LogP contribution is 2.05. The van der Waals surface area contributed by atoms with Crippen molar-refractivity contribution in [2.45, 2.75) is 13.3 Å². The zero-order chi connectivity index (χ0) is 8.85. The molecule has 0 rings (SSSR count). The molecule has 0 aliphatic carbocycles. The first-order valence-electron chi connectivity index (χ1n) is 3.32. The van der Waals surface area contributed by atoms with Crippen LogP contribution in [0.2, 0.25) is 0 Å². The van der Waals surface area contributed by atoms with Crippen molar-refractivity contribution >= 4 is 11.8 Å². The van der Waals surface area contributed by atoms with Gasteiger partial charge in [-0.25, -0.2) is 0 Å². The minimum atomic E-state index is -0.801. The molecule has 0 unspecified atom stereocenters. The van der Waals surface area contributed by atoms with Crippen LogP contribution >= 0.6 is 0 Å². The number of ether oxygens (including phenoxy) is 1. The van der Waals surface area contributed by atoms with Gasteiger partial charge in [0.25, 0.3) is 0 Å². The lowest BCUT2D eigenvalue weighted by atomic mass is 10.0. The molecule has 0 aliphatic heterocycles. The van der Waals surface area contributed by atoms with Crippen LogP contribution in [0.1, 0.15) is 13.3 Å². The fourth-order valence-corrected chi connectivity index (χ4v) is 0.758. The number of hydrogen-bond acceptors (Lipinski definition) is 4. The summed E-state index contributed by atoms with van der Waals surface area (Å²) in [4.78, 5) is 21.5. The Hall–Kier alpha value is -0.900. The Balaban J connectivity index is 4.09. The van der Waals surface area contributed by atoms with Gasteiger partial charge in [0.05, 0.1) is 7.11 Å². The Labute approximate surface area is 65.2 Å². The van der Waals surface area contributed by atoms with Gasteiger partial charge in [0.1, 0.15) is 11.7 Å². The Kier molecular flexibility index (Phi) is 4.45. The predicted molar refractivity (Wildman–Crippen MR) is 37.9 cm³/mol. The van der Waals surface area contributed by atoms with Crippen molar-refractivity contribution in [3.8, 4) is 0 Å². The van der Waals surface area contributed by atoms with E-state index in [1.807, 2.05) is 0 Å². The summed E-state index contributed by atoms with van der Waals surface area (Å²) in [6.45, 7) is 1.12. The summed E-state index contributed by atoms with van der Waals surface area (Å²) in [6, 6.07) is 0. The van der Waals surface area contributed by atoms with E-state index in [1.54, 1.807) is 0 Å². The first kappa shape index (κ1) is 10.1. The molecule has 0 spiro atoms. The van der Waals surface area contributed by atoms with Gasteiger partial charge in [0.15, 0.2) is 0 Å². The minimum absolute atomic E-state index is 0.141. The molecule has 1 N–H and O–H groups in total. The van der Waals surface area contributed by atoms with Crippen LogP contribution < -0.4 is 0 Å². The second-order valence-electron chi connectivity index (χ2n) is 2.20. The van der Waals surface area contributed by atoms with Crippen LogP contribution in [0, 0.1) is 5.92 Å². The molecule has 1 atom stereocenters. The van der Waals surface area contributed by atoms with Gasteiger partial charge in [-0.3, -0.25) is 9.59 Å². The zero-order valence-corrected chi connectivity index (χ0v) is 6.66. The van der Waals surface area contributed by atoms with E-state index in [9.17, 15) is 9.59 Å². The summed E-state index contributed by atoms with van der Waals surface area (Å²) < 4.78 is 4.36. The van der Waals surface area contributed by atoms with E-state index in [0.29, 0.717) is 0 Å². The average Bonchev–Trinajstić information content (AvgIpc) is 1.98. The van der Waals surface area contributed by atoms with Crippen molar-refractivity contribution in [2.24, 2.45) is 5.92 Å². The third kappa shape index (κ3) is 3.13. The second kappa shape index (κ2) is 4.85. The van der Waals surface area contributed by atoms with Crippen molar-refractivity contribution in [2.75, 3.05) is 13.7 Å². The summed E-state index contributed by atoms with van der Waals surface area (Å²) in [5.41, 5.74) is 0. The van der Waals surface area contributed by atoms with E-state index in [2.05, 4.69) is 4.74 Å². The number of ketones is 1. The first-order valence-corrected chi connectivity index (χ1v) is 3.32. The number of methoxy groups -OCH3 is 1. The molecule has 0 saturated carbocycles. The maximum Gasteiger partial charge on any atom is 0.316 e. The largest absolute Gasteiger partial charge is 0.468 e. The van der Waals surface area contributed by atoms with Crippen molar-refractivity contribution in [3.63, 3.8) is 0 Å². The van der Waals surface area contributed by atoms with Gasteiger partial charge in [-0.1, -0.05) is 0 Å². The Morgan fingerprint density at radius 2 is 2.09 bits per heavy atom. The smallest absolute Gasteiger partial charge is 0.316 e. The third-order valence-corrected chi connectivity index (χ3v) is 1.39. The molecule has 0 amide bonds. The SMILES string of the molecule is COC(=O)[C@H](CCO)C(C)=O. The third-order valence-electron chi connectivity index (χ3n) is 1.39. The number of Topliss-reactive ketones (excluding diaryl/α,β-unsaturated/α-hetero) is 1. The van der Waals surface area contributed by atoms with Crippen LogP contribution in [0.4, 0.5) is 0 Å². The van der Waals surface area contributed by atoms with Gasteiger partial charge in [-0.15, -0.1) is 0 Å². The molecule has 0 radical (unpaired) electrons. The normalized spacial score (nSPS) is 12.3. The first-order chi connectivity index (χ1) is 5.13. The Morgan fingerprint density at radius 3 is 2.36 bits per heavy atom. The molecule has 4 heteroatoms. The fraction of sp³-hybridized carbons (Fsp3) is 0.714. The van der Waals surface area contributed by atoms with E-state index in [-0.39, 0.29) is 18.8 Å². The van der Waals surface area contributed by atoms with Gasteiger partial charge in [-0.05, 0) is 13.3 Å². The molecule has 0 aromatic heterocycles. The summed E-state index contributed by atoms with van der Waals surface area (Å²) >= 11 is 0. The van der Waals surface area contributed by atoms with E-state index in [1.165, 1.54) is 14.0 Å². The minimum Gasteiger partial charge on any atom is -0.468 e. The van der Waals surface area contributed by atoms with Crippen molar-refractivity contribution < 1.29 is 19.4 Å². The number of esters is 1. The highest BCUT2D eigenvalue weighted by Gasteiger charge is 2.22. The molecular formula is C7H12O4. The highest BCUT2D eigenvalue weighted by atomic mass is 16.5. The van der Waals surface area contributed by atoms with Crippen LogP contribution in [-0.4, -0.2) is 30.6 Å². The number of rotatable bonds is 4. The average molecular weight is 160 g/mol. The number of hydrogen-bond donors (Lipinski definition) is 1. The zero-order valence-electron chi connectivity index (χ0n) is 6.66. The standard InChI is InChI=1S/C7H12O4/c1-5(9)6(3-4-8)7(10)11-2/h6,8H,3-4H2,1-2H3/t6-/m1/s1. The summed E-state index contributed by atoms with van der Waals surface area (Å²) in [6.07, 6.45) is 0.141. The molecule has 0 fully saturated rings. The molecule has 0 aliphatic rings. The van der Waals surface area contributed by atoms with Crippen LogP contribution in [0.15, 0.2) is 0 Å². The monoisotopic (exact) mass is 160 g/mol. The van der Waals surface area contributed by atoms with Gasteiger partial charge in [0.2, 0.25) is 0 Å². The van der Waals surface area contributed by atoms with E-state index < -0.39 is 11.9 Å². The number of aliphatic hydroxyl groups excluding tert-OH is 1. The van der Waals surface area contributed by atoms with Crippen LogP contribution in [0.25, 0.3) is 0 Å². The maximum atomic E-state index is 10.8. The summed E-state index contributed by atoms with van der Waals surface area (Å²) in [7, 11) is 1.22. The van der Waals surface area contributed by atoms with Crippen LogP contribution in [-0.2, 0) is 14.3 Å². The van der Waals surface area contributed by atoms with Crippen molar-refractivity contribution in [1.29, 1.82) is 0 Å². The molecule has 4 nitrogen and oxygen atoms in total. The summed E-state index contributed by atoms with van der Waals surface area (Å²) in [5, 5.41) is 8.47. The van der Waals surface area contributed by atoms with E-state index in [4.69, 9.17) is 5.11 Å². The molecule has 64 valence electrons. The lowest BCUT2D eigenvalue weighted by molar-refractivity contribution is -0.149. The molecule has 0 bridgehead atoms. The molecule has 0 aromatic rings. The lowest BCUT2D eigenvalue weighted by Crippen LogP contribution is -2.24. The summed E-state index contributed by atoms with van der Waals surface area (Å²) in [5.74, 6) is -1.65. The highest BCUT2D eigenvalue weighted by molar-refractivity contribution is 5.97. The number of carbonyl (C=O) groups excluding carboxylic acids is 2.